The van der Waals surface area contributed by atoms with Gasteiger partial charge in [-0.25, -0.2) is 0 Å². The highest BCUT2D eigenvalue weighted by Crippen LogP contribution is 2.59. The van der Waals surface area contributed by atoms with Crippen molar-refractivity contribution in [3.8, 4) is 0 Å². The van der Waals surface area contributed by atoms with Gasteiger partial charge in [-0.15, -0.1) is 0 Å². The van der Waals surface area contributed by atoms with Crippen LogP contribution < -0.4 is 0 Å². The summed E-state index contributed by atoms with van der Waals surface area (Å²) in [5.41, 5.74) is -0.402. The predicted octanol–water partition coefficient (Wildman–Crippen LogP) is 0.202. The molecule has 1 amide bonds. The van der Waals surface area contributed by atoms with Crippen LogP contribution in [-0.4, -0.2) is 48.2 Å². The normalized spacial score (nSPS) is 32.2. The zero-order valence-corrected chi connectivity index (χ0v) is 9.60. The van der Waals surface area contributed by atoms with E-state index in [0.29, 0.717) is 26.3 Å². The van der Waals surface area contributed by atoms with E-state index in [1.54, 1.807) is 4.90 Å². The van der Waals surface area contributed by atoms with Crippen molar-refractivity contribution in [3.05, 3.63) is 0 Å². The molecule has 90 valence electrons. The quantitative estimate of drug-likeness (QED) is 0.732. The van der Waals surface area contributed by atoms with Gasteiger partial charge >= 0.3 is 5.97 Å². The second-order valence-electron chi connectivity index (χ2n) is 5.05. The van der Waals surface area contributed by atoms with Crippen molar-refractivity contribution < 1.29 is 19.4 Å². The predicted molar refractivity (Wildman–Crippen MR) is 55.8 cm³/mol. The minimum absolute atomic E-state index is 0.0271. The van der Waals surface area contributed by atoms with Crippen molar-refractivity contribution in [3.63, 3.8) is 0 Å². The standard InChI is InChI=1S/C11H17NO4/c1-11(2)7(8(11)10(14)15)9(13)12-3-5-16-6-4-12/h7-8H,3-6H2,1-2H3,(H,14,15)/t7-,8+/m1/s1. The molecule has 5 nitrogen and oxygen atoms in total. The van der Waals surface area contributed by atoms with E-state index in [-0.39, 0.29) is 11.8 Å². The minimum atomic E-state index is -0.864. The van der Waals surface area contributed by atoms with Crippen LogP contribution in [0.4, 0.5) is 0 Å². The van der Waals surface area contributed by atoms with E-state index in [1.807, 2.05) is 13.8 Å². The van der Waals surface area contributed by atoms with Crippen LogP contribution in [0.1, 0.15) is 13.8 Å². The fraction of sp³-hybridized carbons (Fsp3) is 0.818. The number of carboxylic acid groups (broad SMARTS) is 1. The summed E-state index contributed by atoms with van der Waals surface area (Å²) in [4.78, 5) is 24.8. The number of hydrogen-bond acceptors (Lipinski definition) is 3. The van der Waals surface area contributed by atoms with E-state index in [4.69, 9.17) is 9.84 Å². The molecule has 0 aromatic rings. The lowest BCUT2D eigenvalue weighted by Crippen LogP contribution is -2.42. The van der Waals surface area contributed by atoms with Gasteiger partial charge in [0.25, 0.3) is 0 Å². The molecule has 0 radical (unpaired) electrons. The highest BCUT2D eigenvalue weighted by molar-refractivity contribution is 5.91. The molecule has 0 unspecified atom stereocenters. The number of ether oxygens (including phenoxy) is 1. The first-order valence-corrected chi connectivity index (χ1v) is 5.55. The summed E-state index contributed by atoms with van der Waals surface area (Å²) in [7, 11) is 0. The van der Waals surface area contributed by atoms with E-state index in [9.17, 15) is 9.59 Å². The molecule has 2 atom stereocenters. The van der Waals surface area contributed by atoms with Gasteiger partial charge in [0.1, 0.15) is 0 Å². The molecule has 1 saturated carbocycles. The summed E-state index contributed by atoms with van der Waals surface area (Å²) >= 11 is 0. The second-order valence-corrected chi connectivity index (χ2v) is 5.05. The largest absolute Gasteiger partial charge is 0.481 e. The highest BCUT2D eigenvalue weighted by Gasteiger charge is 2.66. The molecule has 1 N–H and O–H groups in total. The van der Waals surface area contributed by atoms with Crippen LogP contribution in [0, 0.1) is 17.3 Å². The lowest BCUT2D eigenvalue weighted by atomic mass is 10.1. The highest BCUT2D eigenvalue weighted by atomic mass is 16.5. The Bertz CT molecular complexity index is 320. The van der Waals surface area contributed by atoms with E-state index in [2.05, 4.69) is 0 Å². The number of morpholine rings is 1. The van der Waals surface area contributed by atoms with Gasteiger partial charge in [0.2, 0.25) is 5.91 Å². The fourth-order valence-electron chi connectivity index (χ4n) is 2.54. The number of rotatable bonds is 2. The molecule has 5 heteroatoms. The number of nitrogens with zero attached hydrogens (tertiary/aromatic N) is 1. The number of carboxylic acids is 1. The van der Waals surface area contributed by atoms with Gasteiger partial charge in [-0.1, -0.05) is 13.8 Å². The summed E-state index contributed by atoms with van der Waals surface area (Å²) in [5, 5.41) is 9.01. The summed E-state index contributed by atoms with van der Waals surface area (Å²) in [6, 6.07) is 0. The van der Waals surface area contributed by atoms with Crippen LogP contribution >= 0.6 is 0 Å². The zero-order chi connectivity index (χ0) is 11.9. The topological polar surface area (TPSA) is 66.8 Å². The van der Waals surface area contributed by atoms with Gasteiger partial charge < -0.3 is 14.7 Å². The van der Waals surface area contributed by atoms with Gasteiger partial charge in [0.15, 0.2) is 0 Å². The lowest BCUT2D eigenvalue weighted by Gasteiger charge is -2.27. The molecule has 0 bridgehead atoms. The molecule has 2 rings (SSSR count). The molecule has 0 aromatic carbocycles. The van der Waals surface area contributed by atoms with E-state index >= 15 is 0 Å². The van der Waals surface area contributed by atoms with E-state index in [1.165, 1.54) is 0 Å². The van der Waals surface area contributed by atoms with Crippen LogP contribution in [0.3, 0.4) is 0 Å². The van der Waals surface area contributed by atoms with Gasteiger partial charge in [0.05, 0.1) is 25.0 Å². The van der Waals surface area contributed by atoms with Crippen LogP contribution in [0.2, 0.25) is 0 Å². The van der Waals surface area contributed by atoms with Crippen molar-refractivity contribution in [2.75, 3.05) is 26.3 Å². The lowest BCUT2D eigenvalue weighted by molar-refractivity contribution is -0.143. The van der Waals surface area contributed by atoms with Gasteiger partial charge in [-0.2, -0.15) is 0 Å². The minimum Gasteiger partial charge on any atom is -0.481 e. The first-order chi connectivity index (χ1) is 7.46. The molecule has 0 spiro atoms. The maximum Gasteiger partial charge on any atom is 0.307 e. The molecule has 16 heavy (non-hydrogen) atoms. The average Bonchev–Trinajstić information content (AvgIpc) is 2.82. The first-order valence-electron chi connectivity index (χ1n) is 5.55. The number of aliphatic carboxylic acids is 1. The number of carbonyl (C=O) groups is 2. The zero-order valence-electron chi connectivity index (χ0n) is 9.60. The molecule has 0 aromatic heterocycles. The summed E-state index contributed by atoms with van der Waals surface area (Å²) < 4.78 is 5.17. The van der Waals surface area contributed by atoms with Gasteiger partial charge in [-0.05, 0) is 5.41 Å². The van der Waals surface area contributed by atoms with Crippen molar-refractivity contribution in [1.29, 1.82) is 0 Å². The van der Waals surface area contributed by atoms with Crippen LogP contribution in [0.15, 0.2) is 0 Å². The van der Waals surface area contributed by atoms with Crippen molar-refractivity contribution in [1.82, 2.24) is 4.90 Å². The van der Waals surface area contributed by atoms with Crippen LogP contribution in [0.5, 0.6) is 0 Å². The Morgan fingerprint density at radius 3 is 2.25 bits per heavy atom. The fourth-order valence-corrected chi connectivity index (χ4v) is 2.54. The molecule has 1 saturated heterocycles. The van der Waals surface area contributed by atoms with E-state index < -0.39 is 17.3 Å². The Kier molecular flexibility index (Phi) is 2.66. The molecule has 2 aliphatic rings. The third-order valence-corrected chi connectivity index (χ3v) is 3.68. The molecule has 1 aliphatic heterocycles. The van der Waals surface area contributed by atoms with Crippen molar-refractivity contribution in [2.45, 2.75) is 13.8 Å². The maximum atomic E-state index is 12.1. The smallest absolute Gasteiger partial charge is 0.307 e. The Balaban J connectivity index is 2.03. The Morgan fingerprint density at radius 1 is 1.25 bits per heavy atom. The third kappa shape index (κ3) is 1.69. The SMILES string of the molecule is CC1(C)[C@H](C(=O)O)[C@@H]1C(=O)N1CCOCC1. The van der Waals surface area contributed by atoms with Crippen molar-refractivity contribution in [2.24, 2.45) is 17.3 Å². The van der Waals surface area contributed by atoms with E-state index in [0.717, 1.165) is 0 Å². The first kappa shape index (κ1) is 11.4. The maximum absolute atomic E-state index is 12.1. The number of hydrogen-bond donors (Lipinski definition) is 1. The molecular formula is C11H17NO4. The molecular weight excluding hydrogens is 210 g/mol. The molecule has 1 heterocycles. The second kappa shape index (κ2) is 3.73. The monoisotopic (exact) mass is 227 g/mol. The van der Waals surface area contributed by atoms with Gasteiger partial charge in [0, 0.05) is 13.1 Å². The summed E-state index contributed by atoms with van der Waals surface area (Å²) in [6.07, 6.45) is 0. The number of carbonyl (C=O) groups excluding carboxylic acids is 1. The summed E-state index contributed by atoms with van der Waals surface area (Å²) in [5.74, 6) is -1.77. The molecule has 2 fully saturated rings. The van der Waals surface area contributed by atoms with Crippen LogP contribution in [0.25, 0.3) is 0 Å². The molecule has 1 aliphatic carbocycles. The summed E-state index contributed by atoms with van der Waals surface area (Å²) in [6.45, 7) is 5.95. The third-order valence-electron chi connectivity index (χ3n) is 3.68. The Hall–Kier alpha value is -1.10. The average molecular weight is 227 g/mol. The van der Waals surface area contributed by atoms with Crippen molar-refractivity contribution >= 4 is 11.9 Å². The Morgan fingerprint density at radius 2 is 1.81 bits per heavy atom. The number of amides is 1. The van der Waals surface area contributed by atoms with Gasteiger partial charge in [-0.3, -0.25) is 9.59 Å². The van der Waals surface area contributed by atoms with Crippen LogP contribution in [-0.2, 0) is 14.3 Å². The Labute approximate surface area is 94.4 Å².